The number of nitrogens with one attached hydrogen (secondary N) is 2. The molecule has 8 nitrogen and oxygen atoms in total. The van der Waals surface area contributed by atoms with Gasteiger partial charge in [-0.25, -0.2) is 18.1 Å². The molecule has 0 saturated carbocycles. The van der Waals surface area contributed by atoms with Crippen LogP contribution >= 0.6 is 0 Å². The molecule has 0 unspecified atom stereocenters. The van der Waals surface area contributed by atoms with Gasteiger partial charge in [0.05, 0.1) is 6.61 Å². The Morgan fingerprint density at radius 3 is 2.90 bits per heavy atom. The van der Waals surface area contributed by atoms with Crippen molar-refractivity contribution in [3.8, 4) is 0 Å². The molecular weight excluding hydrogens is 284 g/mol. The maximum absolute atomic E-state index is 12.1. The van der Waals surface area contributed by atoms with Gasteiger partial charge in [0, 0.05) is 19.3 Å². The molecule has 0 aliphatic heterocycles. The topological polar surface area (TPSA) is 123 Å². The highest BCUT2D eigenvalue weighted by molar-refractivity contribution is 7.89. The molecule has 0 saturated heterocycles. The Kier molecular flexibility index (Phi) is 6.36. The Morgan fingerprint density at radius 2 is 2.25 bits per heavy atom. The van der Waals surface area contributed by atoms with Gasteiger partial charge in [0.2, 0.25) is 15.9 Å². The summed E-state index contributed by atoms with van der Waals surface area (Å²) in [5.41, 5.74) is 4.89. The quantitative estimate of drug-likeness (QED) is 0.518. The van der Waals surface area contributed by atoms with Crippen LogP contribution in [0.25, 0.3) is 0 Å². The molecule has 0 atom stereocenters. The SMILES string of the molecule is CCNc1ncccc1S(=O)(=O)NCCOCC(N)=O. The third-order valence-electron chi connectivity index (χ3n) is 2.19. The maximum atomic E-state index is 12.1. The Balaban J connectivity index is 2.62. The number of nitrogens with zero attached hydrogens (tertiary/aromatic N) is 1. The number of carbonyl (C=O) groups is 1. The molecule has 112 valence electrons. The van der Waals surface area contributed by atoms with Gasteiger partial charge in [-0.3, -0.25) is 4.79 Å². The molecule has 9 heteroatoms. The first-order valence-electron chi connectivity index (χ1n) is 6.02. The Bertz CT molecular complexity index is 547. The molecule has 1 aromatic heterocycles. The molecule has 1 amide bonds. The van der Waals surface area contributed by atoms with Gasteiger partial charge < -0.3 is 15.8 Å². The van der Waals surface area contributed by atoms with Crippen molar-refractivity contribution in [2.75, 3.05) is 31.6 Å². The van der Waals surface area contributed by atoms with E-state index >= 15 is 0 Å². The van der Waals surface area contributed by atoms with Crippen molar-refractivity contribution in [3.63, 3.8) is 0 Å². The van der Waals surface area contributed by atoms with E-state index in [1.54, 1.807) is 6.07 Å². The zero-order valence-corrected chi connectivity index (χ0v) is 11.9. The van der Waals surface area contributed by atoms with Crippen molar-refractivity contribution >= 4 is 21.7 Å². The average molecular weight is 302 g/mol. The van der Waals surface area contributed by atoms with Crippen LogP contribution in [0.5, 0.6) is 0 Å². The van der Waals surface area contributed by atoms with Crippen LogP contribution in [0.15, 0.2) is 23.2 Å². The van der Waals surface area contributed by atoms with Crippen LogP contribution in [0.4, 0.5) is 5.82 Å². The van der Waals surface area contributed by atoms with Crippen LogP contribution in [-0.2, 0) is 19.6 Å². The first-order chi connectivity index (χ1) is 9.47. The lowest BCUT2D eigenvalue weighted by Crippen LogP contribution is -2.29. The van der Waals surface area contributed by atoms with Crippen molar-refractivity contribution in [2.24, 2.45) is 5.73 Å². The number of ether oxygens (including phenoxy) is 1. The van der Waals surface area contributed by atoms with Crippen LogP contribution in [0.3, 0.4) is 0 Å². The molecule has 1 aromatic rings. The Hall–Kier alpha value is -1.71. The number of anilines is 1. The highest BCUT2D eigenvalue weighted by atomic mass is 32.2. The van der Waals surface area contributed by atoms with E-state index in [0.29, 0.717) is 12.4 Å². The molecule has 0 radical (unpaired) electrons. The molecule has 1 heterocycles. The standard InChI is InChI=1S/C11H18N4O4S/c1-2-13-11-9(4-3-5-14-11)20(17,18)15-6-7-19-8-10(12)16/h3-5,15H,2,6-8H2,1H3,(H2,12,16)(H,13,14). The summed E-state index contributed by atoms with van der Waals surface area (Å²) in [6.45, 7) is 2.25. The first kappa shape index (κ1) is 16.3. The fraction of sp³-hybridized carbons (Fsp3) is 0.455. The second-order valence-electron chi connectivity index (χ2n) is 3.80. The molecule has 4 N–H and O–H groups in total. The summed E-state index contributed by atoms with van der Waals surface area (Å²) in [6.07, 6.45) is 1.51. The number of nitrogens with two attached hydrogens (primary N) is 1. The third kappa shape index (κ3) is 5.11. The number of sulfonamides is 1. The van der Waals surface area contributed by atoms with Crippen LogP contribution in [-0.4, -0.2) is 45.6 Å². The number of rotatable bonds is 9. The van der Waals surface area contributed by atoms with Gasteiger partial charge in [-0.05, 0) is 19.1 Å². The number of hydrogen-bond acceptors (Lipinski definition) is 6. The number of amides is 1. The molecule has 0 bridgehead atoms. The zero-order valence-electron chi connectivity index (χ0n) is 11.1. The molecule has 0 aromatic carbocycles. The lowest BCUT2D eigenvalue weighted by Gasteiger charge is -2.11. The predicted molar refractivity (Wildman–Crippen MR) is 73.6 cm³/mol. The fourth-order valence-corrected chi connectivity index (χ4v) is 2.55. The van der Waals surface area contributed by atoms with Crippen LogP contribution in [0, 0.1) is 0 Å². The number of hydrogen-bond donors (Lipinski definition) is 3. The number of carbonyl (C=O) groups excluding carboxylic acids is 1. The minimum Gasteiger partial charge on any atom is -0.370 e. The van der Waals surface area contributed by atoms with E-state index in [4.69, 9.17) is 10.5 Å². The summed E-state index contributed by atoms with van der Waals surface area (Å²) in [7, 11) is -3.69. The van der Waals surface area contributed by atoms with Crippen molar-refractivity contribution in [1.82, 2.24) is 9.71 Å². The molecule has 0 spiro atoms. The minimum absolute atomic E-state index is 0.0378. The summed E-state index contributed by atoms with van der Waals surface area (Å²) in [4.78, 5) is 14.5. The second kappa shape index (κ2) is 7.78. The van der Waals surface area contributed by atoms with E-state index in [1.165, 1.54) is 12.3 Å². The van der Waals surface area contributed by atoms with Crippen LogP contribution in [0.1, 0.15) is 6.92 Å². The summed E-state index contributed by atoms with van der Waals surface area (Å²) >= 11 is 0. The van der Waals surface area contributed by atoms with Gasteiger partial charge in [-0.1, -0.05) is 0 Å². The summed E-state index contributed by atoms with van der Waals surface area (Å²) in [5, 5.41) is 2.88. The van der Waals surface area contributed by atoms with Gasteiger partial charge in [-0.15, -0.1) is 0 Å². The Labute approximate surface area is 117 Å². The molecule has 20 heavy (non-hydrogen) atoms. The van der Waals surface area contributed by atoms with E-state index in [2.05, 4.69) is 15.0 Å². The lowest BCUT2D eigenvalue weighted by atomic mass is 10.4. The molecular formula is C11H18N4O4S. The predicted octanol–water partition coefficient (Wildman–Crippen LogP) is -0.706. The first-order valence-corrected chi connectivity index (χ1v) is 7.50. The van der Waals surface area contributed by atoms with E-state index in [1.807, 2.05) is 6.92 Å². The summed E-state index contributed by atoms with van der Waals surface area (Å²) in [5.74, 6) is -0.310. The second-order valence-corrected chi connectivity index (χ2v) is 5.53. The average Bonchev–Trinajstić information content (AvgIpc) is 2.38. The summed E-state index contributed by atoms with van der Waals surface area (Å²) in [6, 6.07) is 3.00. The normalized spacial score (nSPS) is 11.2. The smallest absolute Gasteiger partial charge is 0.244 e. The number of primary amides is 1. The molecule has 0 aliphatic rings. The maximum Gasteiger partial charge on any atom is 0.244 e. The third-order valence-corrected chi connectivity index (χ3v) is 3.68. The highest BCUT2D eigenvalue weighted by Crippen LogP contribution is 2.17. The van der Waals surface area contributed by atoms with E-state index in [9.17, 15) is 13.2 Å². The van der Waals surface area contributed by atoms with Crippen molar-refractivity contribution in [1.29, 1.82) is 0 Å². The van der Waals surface area contributed by atoms with Crippen molar-refractivity contribution in [2.45, 2.75) is 11.8 Å². The lowest BCUT2D eigenvalue weighted by molar-refractivity contribution is -0.122. The van der Waals surface area contributed by atoms with Crippen molar-refractivity contribution < 1.29 is 17.9 Å². The van der Waals surface area contributed by atoms with Crippen LogP contribution in [0.2, 0.25) is 0 Å². The molecule has 1 rings (SSSR count). The number of aromatic nitrogens is 1. The van der Waals surface area contributed by atoms with E-state index in [0.717, 1.165) is 0 Å². The van der Waals surface area contributed by atoms with E-state index in [-0.39, 0.29) is 24.7 Å². The van der Waals surface area contributed by atoms with Gasteiger partial charge in [-0.2, -0.15) is 0 Å². The number of pyridine rings is 1. The Morgan fingerprint density at radius 1 is 1.50 bits per heavy atom. The van der Waals surface area contributed by atoms with Gasteiger partial charge in [0.1, 0.15) is 17.3 Å². The van der Waals surface area contributed by atoms with Gasteiger partial charge in [0.25, 0.3) is 0 Å². The zero-order chi connectivity index (χ0) is 15.0. The summed E-state index contributed by atoms with van der Waals surface area (Å²) < 4.78 is 31.4. The molecule has 0 fully saturated rings. The minimum atomic E-state index is -3.69. The highest BCUT2D eigenvalue weighted by Gasteiger charge is 2.18. The van der Waals surface area contributed by atoms with Gasteiger partial charge in [0.15, 0.2) is 0 Å². The van der Waals surface area contributed by atoms with E-state index < -0.39 is 15.9 Å². The monoisotopic (exact) mass is 302 g/mol. The van der Waals surface area contributed by atoms with Crippen molar-refractivity contribution in [3.05, 3.63) is 18.3 Å². The van der Waals surface area contributed by atoms with Gasteiger partial charge >= 0.3 is 0 Å². The molecule has 0 aliphatic carbocycles. The largest absolute Gasteiger partial charge is 0.370 e. The fourth-order valence-electron chi connectivity index (χ4n) is 1.41. The van der Waals surface area contributed by atoms with Crippen LogP contribution < -0.4 is 15.8 Å².